The van der Waals surface area contributed by atoms with Crippen molar-refractivity contribution >= 4 is 17.4 Å². The number of carbonyl (C=O) groups excluding carboxylic acids is 2. The number of likely N-dealkylation sites (tertiary alicyclic amines) is 1. The van der Waals surface area contributed by atoms with E-state index in [-0.39, 0.29) is 30.1 Å². The largest absolute Gasteiger partial charge is 0.497 e. The number of benzene rings is 2. The molecule has 1 heterocycles. The Labute approximate surface area is 184 Å². The summed E-state index contributed by atoms with van der Waals surface area (Å²) in [6.45, 7) is 3.67. The Balaban J connectivity index is 1.61. The summed E-state index contributed by atoms with van der Waals surface area (Å²) in [7, 11) is 1.61. The lowest BCUT2D eigenvalue weighted by atomic mass is 9.88. The molecule has 0 bridgehead atoms. The van der Waals surface area contributed by atoms with E-state index < -0.39 is 0 Å². The van der Waals surface area contributed by atoms with Crippen LogP contribution in [0.3, 0.4) is 0 Å². The van der Waals surface area contributed by atoms with Gasteiger partial charge in [-0.25, -0.2) is 0 Å². The number of piperidine rings is 1. The number of para-hydroxylation sites is 1. The zero-order valence-corrected chi connectivity index (χ0v) is 18.2. The maximum atomic E-state index is 13.2. The fourth-order valence-corrected chi connectivity index (χ4v) is 4.06. The third-order valence-corrected chi connectivity index (χ3v) is 5.96. The summed E-state index contributed by atoms with van der Waals surface area (Å²) < 4.78 is 5.16. The molecule has 1 aliphatic heterocycles. The Morgan fingerprint density at radius 2 is 1.77 bits per heavy atom. The van der Waals surface area contributed by atoms with E-state index in [9.17, 15) is 9.59 Å². The molecule has 6 heteroatoms. The van der Waals surface area contributed by atoms with E-state index in [0.29, 0.717) is 25.2 Å². The second kappa shape index (κ2) is 10.7. The van der Waals surface area contributed by atoms with Gasteiger partial charge in [-0.1, -0.05) is 18.2 Å². The number of ether oxygens (including phenoxy) is 1. The summed E-state index contributed by atoms with van der Waals surface area (Å²) in [5.41, 5.74) is 1.51. The highest BCUT2D eigenvalue weighted by molar-refractivity contribution is 5.98. The van der Waals surface area contributed by atoms with Crippen molar-refractivity contribution in [3.63, 3.8) is 0 Å². The summed E-state index contributed by atoms with van der Waals surface area (Å²) >= 11 is 0. The molecule has 6 nitrogen and oxygen atoms in total. The molecule has 1 atom stereocenters. The molecule has 1 saturated heterocycles. The molecule has 1 fully saturated rings. The number of anilines is 1. The molecule has 0 aromatic heterocycles. The van der Waals surface area contributed by atoms with Gasteiger partial charge in [-0.3, -0.25) is 14.5 Å². The van der Waals surface area contributed by atoms with Crippen LogP contribution in [0.4, 0.5) is 5.69 Å². The first kappa shape index (κ1) is 22.5. The molecule has 1 amide bonds. The molecule has 0 unspecified atom stereocenters. The highest BCUT2D eigenvalue weighted by Gasteiger charge is 2.32. The minimum absolute atomic E-state index is 0.0126. The molecule has 0 spiro atoms. The van der Waals surface area contributed by atoms with Gasteiger partial charge in [0.25, 0.3) is 0 Å². The molecule has 1 aliphatic rings. The first-order valence-corrected chi connectivity index (χ1v) is 10.7. The second-order valence-corrected chi connectivity index (χ2v) is 7.81. The number of nitriles is 1. The molecule has 0 N–H and O–H groups in total. The number of carbonyl (C=O) groups is 2. The summed E-state index contributed by atoms with van der Waals surface area (Å²) in [5, 5.41) is 9.00. The van der Waals surface area contributed by atoms with E-state index in [2.05, 4.69) is 11.0 Å². The lowest BCUT2D eigenvalue weighted by Crippen LogP contribution is -2.50. The molecular formula is C25H29N3O3. The van der Waals surface area contributed by atoms with Gasteiger partial charge in [0.2, 0.25) is 5.91 Å². The fraction of sp³-hybridized carbons (Fsp3) is 0.400. The van der Waals surface area contributed by atoms with E-state index in [1.165, 1.54) is 0 Å². The van der Waals surface area contributed by atoms with Gasteiger partial charge in [0.15, 0.2) is 5.78 Å². The number of amides is 1. The predicted octanol–water partition coefficient (Wildman–Crippen LogP) is 3.93. The normalized spacial score (nSPS) is 15.6. The summed E-state index contributed by atoms with van der Waals surface area (Å²) in [6.07, 6.45) is 1.74. The highest BCUT2D eigenvalue weighted by atomic mass is 16.5. The van der Waals surface area contributed by atoms with Crippen LogP contribution in [0, 0.1) is 17.2 Å². The fourth-order valence-electron chi connectivity index (χ4n) is 4.06. The zero-order chi connectivity index (χ0) is 22.2. The molecule has 2 aromatic rings. The third kappa shape index (κ3) is 5.50. The maximum Gasteiger partial charge on any atom is 0.244 e. The van der Waals surface area contributed by atoms with E-state index >= 15 is 0 Å². The average molecular weight is 420 g/mol. The van der Waals surface area contributed by atoms with Crippen molar-refractivity contribution in [2.45, 2.75) is 32.2 Å². The number of Topliss-reactive ketones (excluding diaryl/α,β-unsaturated/α-hetero) is 1. The average Bonchev–Trinajstić information content (AvgIpc) is 2.84. The Morgan fingerprint density at radius 1 is 1.13 bits per heavy atom. The van der Waals surface area contributed by atoms with Crippen LogP contribution in [0.15, 0.2) is 54.6 Å². The van der Waals surface area contributed by atoms with Crippen LogP contribution < -0.4 is 9.64 Å². The van der Waals surface area contributed by atoms with Gasteiger partial charge in [-0.05, 0) is 69.3 Å². The molecule has 0 saturated carbocycles. The predicted molar refractivity (Wildman–Crippen MR) is 120 cm³/mol. The van der Waals surface area contributed by atoms with Crippen LogP contribution in [0.1, 0.15) is 36.5 Å². The lowest BCUT2D eigenvalue weighted by Gasteiger charge is -2.37. The quantitative estimate of drug-likeness (QED) is 0.606. The van der Waals surface area contributed by atoms with Crippen molar-refractivity contribution in [1.82, 2.24) is 4.90 Å². The van der Waals surface area contributed by atoms with Gasteiger partial charge in [0, 0.05) is 23.7 Å². The van der Waals surface area contributed by atoms with E-state index in [1.807, 2.05) is 61.5 Å². The van der Waals surface area contributed by atoms with E-state index in [1.54, 1.807) is 12.0 Å². The second-order valence-electron chi connectivity index (χ2n) is 7.81. The highest BCUT2D eigenvalue weighted by Crippen LogP contribution is 2.25. The van der Waals surface area contributed by atoms with Gasteiger partial charge in [-0.15, -0.1) is 0 Å². The summed E-state index contributed by atoms with van der Waals surface area (Å²) in [5.74, 6) is 0.844. The molecular weight excluding hydrogens is 390 g/mol. The van der Waals surface area contributed by atoms with Gasteiger partial charge in [0.1, 0.15) is 5.75 Å². The SMILES string of the molecule is COc1ccc(C(=O)C2CCN([C@H](C)C(=O)N(CCC#N)c3ccccc3)CC2)cc1. The van der Waals surface area contributed by atoms with Crippen molar-refractivity contribution in [3.05, 3.63) is 60.2 Å². The third-order valence-electron chi connectivity index (χ3n) is 5.96. The number of hydrogen-bond donors (Lipinski definition) is 0. The number of methoxy groups -OCH3 is 1. The smallest absolute Gasteiger partial charge is 0.244 e. The van der Waals surface area contributed by atoms with Crippen LogP contribution >= 0.6 is 0 Å². The van der Waals surface area contributed by atoms with Crippen molar-refractivity contribution < 1.29 is 14.3 Å². The minimum Gasteiger partial charge on any atom is -0.497 e. The number of ketones is 1. The number of nitrogens with zero attached hydrogens (tertiary/aromatic N) is 3. The van der Waals surface area contributed by atoms with Crippen LogP contribution in [0.25, 0.3) is 0 Å². The van der Waals surface area contributed by atoms with Crippen molar-refractivity contribution in [1.29, 1.82) is 5.26 Å². The molecule has 31 heavy (non-hydrogen) atoms. The van der Waals surface area contributed by atoms with Crippen LogP contribution in [-0.4, -0.2) is 49.4 Å². The van der Waals surface area contributed by atoms with Crippen LogP contribution in [0.5, 0.6) is 5.75 Å². The van der Waals surface area contributed by atoms with Gasteiger partial charge in [-0.2, -0.15) is 5.26 Å². The van der Waals surface area contributed by atoms with Crippen molar-refractivity contribution in [2.24, 2.45) is 5.92 Å². The topological polar surface area (TPSA) is 73.6 Å². The number of hydrogen-bond acceptors (Lipinski definition) is 5. The Hall–Kier alpha value is -3.17. The van der Waals surface area contributed by atoms with Gasteiger partial charge < -0.3 is 9.64 Å². The molecule has 162 valence electrons. The molecule has 0 aliphatic carbocycles. The Kier molecular flexibility index (Phi) is 7.80. The van der Waals surface area contributed by atoms with Crippen molar-refractivity contribution in [3.8, 4) is 11.8 Å². The lowest BCUT2D eigenvalue weighted by molar-refractivity contribution is -0.123. The maximum absolute atomic E-state index is 13.2. The van der Waals surface area contributed by atoms with Crippen LogP contribution in [-0.2, 0) is 4.79 Å². The summed E-state index contributed by atoms with van der Waals surface area (Å²) in [4.78, 5) is 29.9. The standard InChI is InChI=1S/C25H29N3O3/c1-19(25(30)28(16-6-15-26)22-7-4-3-5-8-22)27-17-13-21(14-18-27)24(29)20-9-11-23(31-2)12-10-20/h3-5,7-12,19,21H,6,13-14,16-18H2,1-2H3/t19-/m1/s1. The Morgan fingerprint density at radius 3 is 2.35 bits per heavy atom. The molecule has 0 radical (unpaired) electrons. The Bertz CT molecular complexity index is 913. The van der Waals surface area contributed by atoms with E-state index in [0.717, 1.165) is 24.3 Å². The first-order chi connectivity index (χ1) is 15.0. The minimum atomic E-state index is -0.309. The van der Waals surface area contributed by atoms with Crippen LogP contribution in [0.2, 0.25) is 0 Å². The molecule has 3 rings (SSSR count). The first-order valence-electron chi connectivity index (χ1n) is 10.7. The van der Waals surface area contributed by atoms with Gasteiger partial charge >= 0.3 is 0 Å². The molecule has 2 aromatic carbocycles. The van der Waals surface area contributed by atoms with E-state index in [4.69, 9.17) is 10.00 Å². The van der Waals surface area contributed by atoms with Crippen molar-refractivity contribution in [2.75, 3.05) is 31.6 Å². The number of rotatable bonds is 8. The zero-order valence-electron chi connectivity index (χ0n) is 18.2. The monoisotopic (exact) mass is 419 g/mol. The van der Waals surface area contributed by atoms with Gasteiger partial charge in [0.05, 0.1) is 25.6 Å². The summed E-state index contributed by atoms with van der Waals surface area (Å²) in [6, 6.07) is 18.5.